The predicted molar refractivity (Wildman–Crippen MR) is 72.0 cm³/mol. The van der Waals surface area contributed by atoms with E-state index in [0.29, 0.717) is 11.6 Å². The molecule has 0 bridgehead atoms. The highest BCUT2D eigenvalue weighted by Crippen LogP contribution is 2.23. The molecule has 0 amide bonds. The Hall–Kier alpha value is -1.77. The van der Waals surface area contributed by atoms with E-state index in [1.165, 1.54) is 0 Å². The van der Waals surface area contributed by atoms with Crippen molar-refractivity contribution in [1.29, 1.82) is 5.26 Å². The molecule has 18 heavy (non-hydrogen) atoms. The SMILES string of the molecule is CC(C)NCc1nnc(-c2ccc(C#N)cc2)s1. The lowest BCUT2D eigenvalue weighted by atomic mass is 10.2. The fourth-order valence-electron chi connectivity index (χ4n) is 1.42. The van der Waals surface area contributed by atoms with Crippen molar-refractivity contribution in [3.8, 4) is 16.6 Å². The normalized spacial score (nSPS) is 10.6. The highest BCUT2D eigenvalue weighted by molar-refractivity contribution is 7.14. The van der Waals surface area contributed by atoms with Gasteiger partial charge in [-0.25, -0.2) is 0 Å². The largest absolute Gasteiger partial charge is 0.308 e. The van der Waals surface area contributed by atoms with E-state index in [0.717, 1.165) is 22.1 Å². The number of nitrogens with one attached hydrogen (secondary N) is 1. The molecule has 1 N–H and O–H groups in total. The number of rotatable bonds is 4. The molecule has 1 aromatic heterocycles. The minimum Gasteiger partial charge on any atom is -0.308 e. The molecule has 0 saturated heterocycles. The van der Waals surface area contributed by atoms with Crippen LogP contribution in [-0.4, -0.2) is 16.2 Å². The molecule has 0 fully saturated rings. The van der Waals surface area contributed by atoms with Gasteiger partial charge in [0.05, 0.1) is 11.6 Å². The minimum absolute atomic E-state index is 0.437. The molecule has 0 saturated carbocycles. The number of hydrogen-bond acceptors (Lipinski definition) is 5. The summed E-state index contributed by atoms with van der Waals surface area (Å²) < 4.78 is 0. The third-order valence-electron chi connectivity index (χ3n) is 2.39. The summed E-state index contributed by atoms with van der Waals surface area (Å²) in [5, 5.41) is 22.2. The lowest BCUT2D eigenvalue weighted by Crippen LogP contribution is -2.21. The Morgan fingerprint density at radius 1 is 1.28 bits per heavy atom. The van der Waals surface area contributed by atoms with Crippen molar-refractivity contribution >= 4 is 11.3 Å². The van der Waals surface area contributed by atoms with Crippen LogP contribution in [0.15, 0.2) is 24.3 Å². The molecule has 0 unspecified atom stereocenters. The van der Waals surface area contributed by atoms with Gasteiger partial charge in [0.1, 0.15) is 10.0 Å². The Morgan fingerprint density at radius 3 is 2.61 bits per heavy atom. The summed E-state index contributed by atoms with van der Waals surface area (Å²) in [4.78, 5) is 0. The minimum atomic E-state index is 0.437. The summed E-state index contributed by atoms with van der Waals surface area (Å²) in [7, 11) is 0. The molecule has 0 atom stereocenters. The van der Waals surface area contributed by atoms with Crippen LogP contribution in [0, 0.1) is 11.3 Å². The van der Waals surface area contributed by atoms with Crippen LogP contribution in [0.1, 0.15) is 24.4 Å². The Kier molecular flexibility index (Phi) is 4.03. The Labute approximate surface area is 110 Å². The zero-order valence-electron chi connectivity index (χ0n) is 10.3. The summed E-state index contributed by atoms with van der Waals surface area (Å²) >= 11 is 1.57. The van der Waals surface area contributed by atoms with Gasteiger partial charge >= 0.3 is 0 Å². The molecule has 1 aromatic carbocycles. The van der Waals surface area contributed by atoms with E-state index in [9.17, 15) is 0 Å². The quantitative estimate of drug-likeness (QED) is 0.915. The van der Waals surface area contributed by atoms with Crippen molar-refractivity contribution in [2.24, 2.45) is 0 Å². The van der Waals surface area contributed by atoms with E-state index in [2.05, 4.69) is 35.4 Å². The van der Waals surface area contributed by atoms with Crippen LogP contribution in [0.2, 0.25) is 0 Å². The first kappa shape index (κ1) is 12.7. The van der Waals surface area contributed by atoms with Crippen molar-refractivity contribution < 1.29 is 0 Å². The molecule has 0 aliphatic rings. The van der Waals surface area contributed by atoms with Gasteiger partial charge in [-0.3, -0.25) is 0 Å². The number of nitrogens with zero attached hydrogens (tertiary/aromatic N) is 3. The molecule has 2 rings (SSSR count). The second-order valence-electron chi connectivity index (χ2n) is 4.23. The molecule has 0 radical (unpaired) electrons. The molecular weight excluding hydrogens is 244 g/mol. The van der Waals surface area contributed by atoms with E-state index < -0.39 is 0 Å². The van der Waals surface area contributed by atoms with Crippen LogP contribution < -0.4 is 5.32 Å². The molecule has 1 heterocycles. The lowest BCUT2D eigenvalue weighted by molar-refractivity contribution is 0.585. The van der Waals surface area contributed by atoms with Gasteiger partial charge in [0, 0.05) is 18.2 Å². The summed E-state index contributed by atoms with van der Waals surface area (Å²) in [6.07, 6.45) is 0. The zero-order valence-corrected chi connectivity index (χ0v) is 11.2. The third-order valence-corrected chi connectivity index (χ3v) is 3.36. The fraction of sp³-hybridized carbons (Fsp3) is 0.308. The highest BCUT2D eigenvalue weighted by atomic mass is 32.1. The monoisotopic (exact) mass is 258 g/mol. The Bertz CT molecular complexity index is 551. The number of hydrogen-bond donors (Lipinski definition) is 1. The van der Waals surface area contributed by atoms with Crippen molar-refractivity contribution in [3.05, 3.63) is 34.8 Å². The smallest absolute Gasteiger partial charge is 0.147 e. The van der Waals surface area contributed by atoms with E-state index >= 15 is 0 Å². The Balaban J connectivity index is 2.11. The fourth-order valence-corrected chi connectivity index (χ4v) is 2.22. The standard InChI is InChI=1S/C13H14N4S/c1-9(2)15-8-12-16-17-13(18-12)11-5-3-10(7-14)4-6-11/h3-6,9,15H,8H2,1-2H3. The molecule has 4 nitrogen and oxygen atoms in total. The number of benzene rings is 1. The van der Waals surface area contributed by atoms with Gasteiger partial charge in [-0.1, -0.05) is 37.3 Å². The molecule has 0 spiro atoms. The topological polar surface area (TPSA) is 61.6 Å². The highest BCUT2D eigenvalue weighted by Gasteiger charge is 2.06. The number of aromatic nitrogens is 2. The molecular formula is C13H14N4S. The average molecular weight is 258 g/mol. The summed E-state index contributed by atoms with van der Waals surface area (Å²) in [6.45, 7) is 4.94. The van der Waals surface area contributed by atoms with Gasteiger partial charge in [0.15, 0.2) is 0 Å². The van der Waals surface area contributed by atoms with Crippen molar-refractivity contribution in [1.82, 2.24) is 15.5 Å². The molecule has 0 aliphatic carbocycles. The van der Waals surface area contributed by atoms with Crippen molar-refractivity contribution in [2.45, 2.75) is 26.4 Å². The first-order valence-electron chi connectivity index (χ1n) is 5.75. The maximum Gasteiger partial charge on any atom is 0.147 e. The zero-order chi connectivity index (χ0) is 13.0. The van der Waals surface area contributed by atoms with E-state index in [4.69, 9.17) is 5.26 Å². The van der Waals surface area contributed by atoms with Gasteiger partial charge in [0.2, 0.25) is 0 Å². The van der Waals surface area contributed by atoms with Crippen LogP contribution in [0.5, 0.6) is 0 Å². The van der Waals surface area contributed by atoms with Crippen LogP contribution in [-0.2, 0) is 6.54 Å². The van der Waals surface area contributed by atoms with Crippen molar-refractivity contribution in [2.75, 3.05) is 0 Å². The van der Waals surface area contributed by atoms with Gasteiger partial charge in [0.25, 0.3) is 0 Å². The summed E-state index contributed by atoms with van der Waals surface area (Å²) in [6, 6.07) is 9.93. The maximum atomic E-state index is 8.74. The summed E-state index contributed by atoms with van der Waals surface area (Å²) in [5.74, 6) is 0. The van der Waals surface area contributed by atoms with Crippen LogP contribution in [0.3, 0.4) is 0 Å². The van der Waals surface area contributed by atoms with Gasteiger partial charge in [-0.15, -0.1) is 10.2 Å². The lowest BCUT2D eigenvalue weighted by Gasteiger charge is -2.03. The number of nitriles is 1. The van der Waals surface area contributed by atoms with Crippen LogP contribution in [0.25, 0.3) is 10.6 Å². The molecule has 5 heteroatoms. The van der Waals surface area contributed by atoms with Crippen LogP contribution in [0.4, 0.5) is 0 Å². The van der Waals surface area contributed by atoms with Gasteiger partial charge in [-0.05, 0) is 12.1 Å². The van der Waals surface area contributed by atoms with E-state index in [1.54, 1.807) is 23.5 Å². The third kappa shape index (κ3) is 3.13. The second-order valence-corrected chi connectivity index (χ2v) is 5.29. The summed E-state index contributed by atoms with van der Waals surface area (Å²) in [5.41, 5.74) is 1.66. The molecule has 92 valence electrons. The van der Waals surface area contributed by atoms with Gasteiger partial charge in [-0.2, -0.15) is 5.26 Å². The maximum absolute atomic E-state index is 8.74. The first-order valence-corrected chi connectivity index (χ1v) is 6.57. The Morgan fingerprint density at radius 2 is 2.00 bits per heavy atom. The average Bonchev–Trinajstić information content (AvgIpc) is 2.85. The van der Waals surface area contributed by atoms with E-state index in [1.807, 2.05) is 12.1 Å². The second kappa shape index (κ2) is 5.71. The molecule has 2 aromatic rings. The molecule has 0 aliphatic heterocycles. The predicted octanol–water partition coefficient (Wildman–Crippen LogP) is 2.57. The van der Waals surface area contributed by atoms with E-state index in [-0.39, 0.29) is 0 Å². The van der Waals surface area contributed by atoms with Crippen LogP contribution >= 0.6 is 11.3 Å². The van der Waals surface area contributed by atoms with Gasteiger partial charge < -0.3 is 5.32 Å². The first-order chi connectivity index (χ1) is 8.69. The van der Waals surface area contributed by atoms with Crippen molar-refractivity contribution in [3.63, 3.8) is 0 Å².